The van der Waals surface area contributed by atoms with Crippen molar-refractivity contribution in [1.29, 1.82) is 0 Å². The third-order valence-corrected chi connectivity index (χ3v) is 4.48. The van der Waals surface area contributed by atoms with E-state index >= 15 is 0 Å². The number of hydrogen-bond acceptors (Lipinski definition) is 0. The summed E-state index contributed by atoms with van der Waals surface area (Å²) in [7, 11) is 0. The van der Waals surface area contributed by atoms with Crippen LogP contribution in [-0.4, -0.2) is 0 Å². The average Bonchev–Trinajstić information content (AvgIpc) is 2.55. The maximum atomic E-state index is 2.25. The third kappa shape index (κ3) is 5.53. The van der Waals surface area contributed by atoms with Gasteiger partial charge < -0.3 is 0 Å². The van der Waals surface area contributed by atoms with Crippen molar-refractivity contribution in [2.45, 2.75) is 73.1 Å². The van der Waals surface area contributed by atoms with Crippen molar-refractivity contribution in [3.05, 3.63) is 70.3 Å². The molecule has 0 atom stereocenters. The number of benzene rings is 2. The summed E-state index contributed by atoms with van der Waals surface area (Å²) in [4.78, 5) is 0. The largest absolute Gasteiger partial charge is 0.0620 e. The van der Waals surface area contributed by atoms with Crippen LogP contribution in [0.25, 0.3) is 0 Å². The molecule has 0 amide bonds. The molecule has 23 heavy (non-hydrogen) atoms. The molecule has 0 aliphatic heterocycles. The molecule has 0 nitrogen and oxygen atoms in total. The van der Waals surface area contributed by atoms with Gasteiger partial charge in [0.2, 0.25) is 0 Å². The lowest BCUT2D eigenvalue weighted by atomic mass is 9.91. The van der Waals surface area contributed by atoms with E-state index in [0.29, 0.717) is 11.8 Å². The summed E-state index contributed by atoms with van der Waals surface area (Å²) < 4.78 is 0. The summed E-state index contributed by atoms with van der Waals surface area (Å²) in [6.45, 7) is 15.6. The summed E-state index contributed by atoms with van der Waals surface area (Å²) in [6.07, 6.45) is 2.32. The molecule has 0 aliphatic rings. The fraction of sp³-hybridized carbons (Fsp3) is 0.478. The van der Waals surface area contributed by atoms with Crippen molar-refractivity contribution in [3.8, 4) is 0 Å². The third-order valence-electron chi connectivity index (χ3n) is 4.48. The molecule has 0 heteroatoms. The number of rotatable bonds is 4. The van der Waals surface area contributed by atoms with Crippen LogP contribution in [0.2, 0.25) is 0 Å². The van der Waals surface area contributed by atoms with Gasteiger partial charge in [0.25, 0.3) is 0 Å². The molecular formula is C23H34. The van der Waals surface area contributed by atoms with Crippen molar-refractivity contribution in [2.24, 2.45) is 0 Å². The summed E-state index contributed by atoms with van der Waals surface area (Å²) in [5, 5.41) is 0. The Bertz CT molecular complexity index is 564. The number of hydrogen-bond donors (Lipinski definition) is 0. The first kappa shape index (κ1) is 19.5. The highest BCUT2D eigenvalue weighted by Crippen LogP contribution is 2.25. The van der Waals surface area contributed by atoms with Crippen molar-refractivity contribution in [1.82, 2.24) is 0 Å². The van der Waals surface area contributed by atoms with Crippen molar-refractivity contribution >= 4 is 0 Å². The first-order valence-corrected chi connectivity index (χ1v) is 9.08. The normalized spacial score (nSPS) is 10.7. The molecule has 0 saturated carbocycles. The fourth-order valence-electron chi connectivity index (χ4n) is 3.16. The predicted molar refractivity (Wildman–Crippen MR) is 105 cm³/mol. The molecule has 0 bridgehead atoms. The van der Waals surface area contributed by atoms with E-state index in [1.807, 2.05) is 0 Å². The molecule has 126 valence electrons. The highest BCUT2D eigenvalue weighted by molar-refractivity contribution is 5.34. The Hall–Kier alpha value is -1.56. The lowest BCUT2D eigenvalue weighted by Gasteiger charge is -2.14. The van der Waals surface area contributed by atoms with Crippen LogP contribution in [0.1, 0.15) is 81.2 Å². The van der Waals surface area contributed by atoms with E-state index in [1.54, 1.807) is 0 Å². The zero-order valence-corrected chi connectivity index (χ0v) is 16.1. The Morgan fingerprint density at radius 3 is 1.57 bits per heavy atom. The quantitative estimate of drug-likeness (QED) is 0.567. The highest BCUT2D eigenvalue weighted by atomic mass is 14.1. The Balaban J connectivity index is 0.000000231. The van der Waals surface area contributed by atoms with Crippen LogP contribution < -0.4 is 0 Å². The van der Waals surface area contributed by atoms with E-state index in [-0.39, 0.29) is 0 Å². The summed E-state index contributed by atoms with van der Waals surface area (Å²) in [5.74, 6) is 1.28. The molecule has 0 saturated heterocycles. The molecule has 0 unspecified atom stereocenters. The van der Waals surface area contributed by atoms with Crippen LogP contribution in [0.5, 0.6) is 0 Å². The SMILES string of the molecule is CC(C)c1ccccc1C(C)C.CCc1cccc(C)c1CC. The van der Waals surface area contributed by atoms with E-state index in [9.17, 15) is 0 Å². The van der Waals surface area contributed by atoms with Gasteiger partial charge in [0.1, 0.15) is 0 Å². The fourth-order valence-corrected chi connectivity index (χ4v) is 3.16. The minimum atomic E-state index is 0.642. The Morgan fingerprint density at radius 1 is 0.696 bits per heavy atom. The average molecular weight is 311 g/mol. The van der Waals surface area contributed by atoms with Gasteiger partial charge in [-0.15, -0.1) is 0 Å². The molecule has 0 aliphatic carbocycles. The molecule has 2 aromatic rings. The topological polar surface area (TPSA) is 0 Å². The van der Waals surface area contributed by atoms with Gasteiger partial charge in [0, 0.05) is 0 Å². The van der Waals surface area contributed by atoms with Gasteiger partial charge in [-0.1, -0.05) is 84.0 Å². The minimum Gasteiger partial charge on any atom is -0.0620 e. The monoisotopic (exact) mass is 310 g/mol. The smallest absolute Gasteiger partial charge is 0.0216 e. The second-order valence-corrected chi connectivity index (χ2v) is 6.86. The second-order valence-electron chi connectivity index (χ2n) is 6.86. The van der Waals surface area contributed by atoms with Gasteiger partial charge in [-0.2, -0.15) is 0 Å². The van der Waals surface area contributed by atoms with Gasteiger partial charge in [-0.05, 0) is 59.4 Å². The molecule has 0 radical (unpaired) electrons. The van der Waals surface area contributed by atoms with Crippen LogP contribution in [-0.2, 0) is 12.8 Å². The number of aryl methyl sites for hydroxylation is 2. The molecule has 0 aromatic heterocycles. The van der Waals surface area contributed by atoms with Gasteiger partial charge in [0.15, 0.2) is 0 Å². The van der Waals surface area contributed by atoms with E-state index in [0.717, 1.165) is 12.8 Å². The Morgan fingerprint density at radius 2 is 1.22 bits per heavy atom. The molecule has 0 spiro atoms. The van der Waals surface area contributed by atoms with Crippen molar-refractivity contribution in [2.75, 3.05) is 0 Å². The summed E-state index contributed by atoms with van der Waals surface area (Å²) in [5.41, 5.74) is 7.47. The second kappa shape index (κ2) is 9.55. The lowest BCUT2D eigenvalue weighted by molar-refractivity contribution is 0.790. The van der Waals surface area contributed by atoms with Crippen LogP contribution in [0.4, 0.5) is 0 Å². The zero-order valence-electron chi connectivity index (χ0n) is 16.1. The van der Waals surface area contributed by atoms with Crippen LogP contribution in [0.3, 0.4) is 0 Å². The first-order chi connectivity index (χ1) is 10.9. The molecule has 0 heterocycles. The van der Waals surface area contributed by atoms with Gasteiger partial charge in [-0.25, -0.2) is 0 Å². The summed E-state index contributed by atoms with van der Waals surface area (Å²) >= 11 is 0. The van der Waals surface area contributed by atoms with Crippen LogP contribution in [0.15, 0.2) is 42.5 Å². The van der Waals surface area contributed by atoms with E-state index in [2.05, 4.69) is 90.9 Å². The van der Waals surface area contributed by atoms with Crippen LogP contribution in [0, 0.1) is 6.92 Å². The molecule has 2 rings (SSSR count). The van der Waals surface area contributed by atoms with Gasteiger partial charge in [0.05, 0.1) is 0 Å². The van der Waals surface area contributed by atoms with Crippen molar-refractivity contribution in [3.63, 3.8) is 0 Å². The molecule has 2 aromatic carbocycles. The van der Waals surface area contributed by atoms with Gasteiger partial charge >= 0.3 is 0 Å². The molecular weight excluding hydrogens is 276 g/mol. The zero-order chi connectivity index (χ0) is 17.4. The maximum absolute atomic E-state index is 2.25. The Labute approximate surface area is 144 Å². The van der Waals surface area contributed by atoms with Gasteiger partial charge in [-0.3, -0.25) is 0 Å². The van der Waals surface area contributed by atoms with Crippen LogP contribution >= 0.6 is 0 Å². The maximum Gasteiger partial charge on any atom is -0.0216 e. The van der Waals surface area contributed by atoms with E-state index < -0.39 is 0 Å². The standard InChI is InChI=1S/C12H18.C11H16/c1-9(2)11-7-5-6-8-12(11)10(3)4;1-4-10-8-6-7-9(3)11(10)5-2/h5-10H,1-4H3;6-8H,4-5H2,1-3H3. The minimum absolute atomic E-state index is 0.642. The first-order valence-electron chi connectivity index (χ1n) is 9.08. The van der Waals surface area contributed by atoms with E-state index in [4.69, 9.17) is 0 Å². The van der Waals surface area contributed by atoms with E-state index in [1.165, 1.54) is 27.8 Å². The summed E-state index contributed by atoms with van der Waals surface area (Å²) in [6, 6.07) is 15.3. The molecule has 0 fully saturated rings. The highest BCUT2D eigenvalue weighted by Gasteiger charge is 2.07. The molecule has 0 N–H and O–H groups in total. The predicted octanol–water partition coefficient (Wildman–Crippen LogP) is 7.05. The Kier molecular flexibility index (Phi) is 8.09. The van der Waals surface area contributed by atoms with Crippen molar-refractivity contribution < 1.29 is 0 Å². The lowest BCUT2D eigenvalue weighted by Crippen LogP contribution is -1.97.